The fourth-order valence-electron chi connectivity index (χ4n) is 3.16. The first-order valence-electron chi connectivity index (χ1n) is 9.66. The number of thiocarbonyl (C=S) groups is 1. The lowest BCUT2D eigenvalue weighted by molar-refractivity contribution is -0.139. The number of nitrogens with one attached hydrogen (secondary N) is 3. The first-order chi connectivity index (χ1) is 14.8. The molecule has 0 saturated heterocycles. The molecule has 0 fully saturated rings. The van der Waals surface area contributed by atoms with Crippen LogP contribution in [0.25, 0.3) is 0 Å². The van der Waals surface area contributed by atoms with Crippen molar-refractivity contribution in [3.05, 3.63) is 69.8 Å². The number of para-hydroxylation sites is 1. The van der Waals surface area contributed by atoms with Crippen molar-refractivity contribution in [3.8, 4) is 0 Å². The zero-order valence-electron chi connectivity index (χ0n) is 17.4. The van der Waals surface area contributed by atoms with Crippen LogP contribution in [0.1, 0.15) is 25.5 Å². The van der Waals surface area contributed by atoms with Gasteiger partial charge in [0, 0.05) is 22.9 Å². The quantitative estimate of drug-likeness (QED) is 0.402. The third-order valence-electron chi connectivity index (χ3n) is 4.87. The Morgan fingerprint density at radius 3 is 2.48 bits per heavy atom. The van der Waals surface area contributed by atoms with E-state index >= 15 is 0 Å². The van der Waals surface area contributed by atoms with E-state index in [-0.39, 0.29) is 18.6 Å². The van der Waals surface area contributed by atoms with Gasteiger partial charge in [-0.3, -0.25) is 0 Å². The Balaban J connectivity index is 1.78. The van der Waals surface area contributed by atoms with Crippen LogP contribution in [-0.2, 0) is 9.53 Å². The standard InChI is InChI=1S/C22H23BrN4O3S/c1-4-30-20(28)18-13(2)27(3)22(31)26-19(18)14-9-11-15(12-10-14)24-21(29)25-17-8-6-5-7-16(17)23/h5-12,19H,4H2,1-3H3,(H,26,31)(H2,24,25,29)/t19-/m0/s1. The maximum Gasteiger partial charge on any atom is 0.338 e. The number of allylic oxidation sites excluding steroid dienone is 1. The van der Waals surface area contributed by atoms with E-state index in [1.54, 1.807) is 37.1 Å². The molecule has 2 aromatic carbocycles. The Morgan fingerprint density at radius 1 is 1.16 bits per heavy atom. The highest BCUT2D eigenvalue weighted by atomic mass is 79.9. The van der Waals surface area contributed by atoms with Crippen LogP contribution in [0.15, 0.2) is 64.3 Å². The summed E-state index contributed by atoms with van der Waals surface area (Å²) in [5, 5.41) is 9.30. The van der Waals surface area contributed by atoms with Gasteiger partial charge in [-0.05, 0) is 71.8 Å². The Bertz CT molecular complexity index is 1040. The van der Waals surface area contributed by atoms with Gasteiger partial charge in [-0.1, -0.05) is 24.3 Å². The Hall–Kier alpha value is -2.91. The molecule has 31 heavy (non-hydrogen) atoms. The molecular weight excluding hydrogens is 480 g/mol. The van der Waals surface area contributed by atoms with Crippen LogP contribution in [0, 0.1) is 0 Å². The van der Waals surface area contributed by atoms with Gasteiger partial charge in [0.05, 0.1) is 23.9 Å². The van der Waals surface area contributed by atoms with E-state index in [0.29, 0.717) is 22.1 Å². The topological polar surface area (TPSA) is 82.7 Å². The minimum atomic E-state index is -0.439. The van der Waals surface area contributed by atoms with Gasteiger partial charge in [0.1, 0.15) is 0 Å². The predicted octanol–water partition coefficient (Wildman–Crippen LogP) is 4.79. The third kappa shape index (κ3) is 5.23. The molecule has 7 nitrogen and oxygen atoms in total. The van der Waals surface area contributed by atoms with Crippen LogP contribution in [0.3, 0.4) is 0 Å². The van der Waals surface area contributed by atoms with E-state index in [9.17, 15) is 9.59 Å². The van der Waals surface area contributed by atoms with Crippen LogP contribution < -0.4 is 16.0 Å². The second-order valence-electron chi connectivity index (χ2n) is 6.84. The van der Waals surface area contributed by atoms with Gasteiger partial charge < -0.3 is 25.6 Å². The summed E-state index contributed by atoms with van der Waals surface area (Å²) in [5.74, 6) is -0.387. The molecular formula is C22H23BrN4O3S. The van der Waals surface area contributed by atoms with Crippen molar-refractivity contribution in [2.24, 2.45) is 0 Å². The number of anilines is 2. The van der Waals surface area contributed by atoms with Crippen molar-refractivity contribution in [1.82, 2.24) is 10.2 Å². The monoisotopic (exact) mass is 502 g/mol. The first-order valence-corrected chi connectivity index (χ1v) is 10.9. The highest BCUT2D eigenvalue weighted by Gasteiger charge is 2.33. The highest BCUT2D eigenvalue weighted by molar-refractivity contribution is 9.10. The highest BCUT2D eigenvalue weighted by Crippen LogP contribution is 2.31. The third-order valence-corrected chi connectivity index (χ3v) is 5.96. The largest absolute Gasteiger partial charge is 0.463 e. The minimum absolute atomic E-state index is 0.284. The van der Waals surface area contributed by atoms with E-state index in [1.807, 2.05) is 37.3 Å². The second-order valence-corrected chi connectivity index (χ2v) is 8.08. The van der Waals surface area contributed by atoms with Crippen LogP contribution in [0.2, 0.25) is 0 Å². The van der Waals surface area contributed by atoms with E-state index in [0.717, 1.165) is 15.7 Å². The van der Waals surface area contributed by atoms with E-state index in [4.69, 9.17) is 17.0 Å². The fraction of sp³-hybridized carbons (Fsp3) is 0.227. The lowest BCUT2D eigenvalue weighted by atomic mass is 9.95. The van der Waals surface area contributed by atoms with Crippen molar-refractivity contribution in [2.75, 3.05) is 24.3 Å². The number of halogens is 1. The predicted molar refractivity (Wildman–Crippen MR) is 129 cm³/mol. The van der Waals surface area contributed by atoms with Gasteiger partial charge in [0.25, 0.3) is 0 Å². The smallest absolute Gasteiger partial charge is 0.338 e. The summed E-state index contributed by atoms with van der Waals surface area (Å²) in [4.78, 5) is 26.7. The SMILES string of the molecule is CCOC(=O)C1=C(C)N(C)C(=S)N[C@H]1c1ccc(NC(=O)Nc2ccccc2Br)cc1. The normalized spacial score (nSPS) is 15.9. The van der Waals surface area contributed by atoms with Crippen LogP contribution in [0.4, 0.5) is 16.2 Å². The summed E-state index contributed by atoms with van der Waals surface area (Å²) in [7, 11) is 1.80. The van der Waals surface area contributed by atoms with Crippen LogP contribution >= 0.6 is 28.1 Å². The summed E-state index contributed by atoms with van der Waals surface area (Å²) in [5.41, 5.74) is 3.35. The molecule has 0 saturated carbocycles. The summed E-state index contributed by atoms with van der Waals surface area (Å²) < 4.78 is 6.04. The molecule has 2 amide bonds. The number of rotatable bonds is 5. The molecule has 0 radical (unpaired) electrons. The fourth-order valence-corrected chi connectivity index (χ4v) is 3.80. The number of carbonyl (C=O) groups is 2. The zero-order chi connectivity index (χ0) is 22.5. The number of nitrogens with zero attached hydrogens (tertiary/aromatic N) is 1. The second kappa shape index (κ2) is 9.93. The molecule has 1 aliphatic heterocycles. The molecule has 3 N–H and O–H groups in total. The molecule has 1 heterocycles. The number of benzene rings is 2. The van der Waals surface area contributed by atoms with Gasteiger partial charge >= 0.3 is 12.0 Å². The molecule has 0 unspecified atom stereocenters. The number of carbonyl (C=O) groups excluding carboxylic acids is 2. The van der Waals surface area contributed by atoms with Crippen molar-refractivity contribution in [2.45, 2.75) is 19.9 Å². The molecule has 162 valence electrons. The lowest BCUT2D eigenvalue weighted by Crippen LogP contribution is -2.46. The molecule has 0 aromatic heterocycles. The molecule has 0 aliphatic carbocycles. The number of ether oxygens (including phenoxy) is 1. The van der Waals surface area contributed by atoms with Crippen molar-refractivity contribution in [1.29, 1.82) is 0 Å². The Kier molecular flexibility index (Phi) is 7.29. The number of hydrogen-bond acceptors (Lipinski definition) is 4. The summed E-state index contributed by atoms with van der Waals surface area (Å²) in [6, 6.07) is 13.8. The number of urea groups is 1. The van der Waals surface area contributed by atoms with Crippen molar-refractivity contribution < 1.29 is 14.3 Å². The van der Waals surface area contributed by atoms with E-state index in [2.05, 4.69) is 31.9 Å². The summed E-state index contributed by atoms with van der Waals surface area (Å²) >= 11 is 8.80. The molecule has 9 heteroatoms. The zero-order valence-corrected chi connectivity index (χ0v) is 19.8. The van der Waals surface area contributed by atoms with Gasteiger partial charge in [-0.25, -0.2) is 9.59 Å². The number of amides is 2. The van der Waals surface area contributed by atoms with Crippen molar-refractivity contribution >= 4 is 56.6 Å². The molecule has 0 bridgehead atoms. The molecule has 0 spiro atoms. The minimum Gasteiger partial charge on any atom is -0.463 e. The van der Waals surface area contributed by atoms with Crippen LogP contribution in [-0.4, -0.2) is 35.7 Å². The van der Waals surface area contributed by atoms with E-state index < -0.39 is 6.04 Å². The van der Waals surface area contributed by atoms with Crippen LogP contribution in [0.5, 0.6) is 0 Å². The number of hydrogen-bond donors (Lipinski definition) is 3. The summed E-state index contributed by atoms with van der Waals surface area (Å²) in [6.07, 6.45) is 0. The lowest BCUT2D eigenvalue weighted by Gasteiger charge is -2.35. The van der Waals surface area contributed by atoms with Gasteiger partial charge in [0.2, 0.25) is 0 Å². The van der Waals surface area contributed by atoms with Gasteiger partial charge in [-0.15, -0.1) is 0 Å². The number of esters is 1. The maximum absolute atomic E-state index is 12.6. The molecule has 1 atom stereocenters. The average Bonchev–Trinajstić information content (AvgIpc) is 2.74. The van der Waals surface area contributed by atoms with Gasteiger partial charge in [0.15, 0.2) is 5.11 Å². The van der Waals surface area contributed by atoms with Crippen molar-refractivity contribution in [3.63, 3.8) is 0 Å². The maximum atomic E-state index is 12.6. The van der Waals surface area contributed by atoms with Gasteiger partial charge in [-0.2, -0.15) is 0 Å². The first kappa shape index (κ1) is 22.8. The van der Waals surface area contributed by atoms with E-state index in [1.165, 1.54) is 0 Å². The average molecular weight is 503 g/mol. The molecule has 3 rings (SSSR count). The molecule has 1 aliphatic rings. The Labute approximate surface area is 195 Å². The molecule has 2 aromatic rings. The Morgan fingerprint density at radius 2 is 1.84 bits per heavy atom. The summed E-state index contributed by atoms with van der Waals surface area (Å²) in [6.45, 7) is 3.90.